The molecule has 2 aromatic carbocycles. The number of sulfonamides is 1. The molecule has 140 valence electrons. The Morgan fingerprint density at radius 3 is 2.19 bits per heavy atom. The molecule has 0 spiro atoms. The van der Waals surface area contributed by atoms with Crippen LogP contribution in [-0.2, 0) is 15.4 Å². The van der Waals surface area contributed by atoms with Crippen LogP contribution in [0.5, 0.6) is 0 Å². The molecule has 0 saturated heterocycles. The van der Waals surface area contributed by atoms with Crippen LogP contribution >= 0.6 is 11.6 Å². The van der Waals surface area contributed by atoms with Gasteiger partial charge in [-0.3, -0.25) is 4.79 Å². The van der Waals surface area contributed by atoms with E-state index in [-0.39, 0.29) is 29.3 Å². The fourth-order valence-electron chi connectivity index (χ4n) is 2.32. The Morgan fingerprint density at radius 2 is 1.62 bits per heavy atom. The van der Waals surface area contributed by atoms with Gasteiger partial charge in [0.05, 0.1) is 15.5 Å². The smallest absolute Gasteiger partial charge is 0.252 e. The molecule has 0 unspecified atom stereocenters. The fourth-order valence-corrected chi connectivity index (χ4v) is 3.57. The van der Waals surface area contributed by atoms with Gasteiger partial charge in [0.25, 0.3) is 5.91 Å². The number of amides is 1. The Morgan fingerprint density at radius 1 is 1.00 bits per heavy atom. The second-order valence-corrected chi connectivity index (χ2v) is 9.08. The first-order chi connectivity index (χ1) is 12.1. The van der Waals surface area contributed by atoms with E-state index in [4.69, 9.17) is 11.6 Å². The molecular weight excluding hydrogens is 372 g/mol. The van der Waals surface area contributed by atoms with Crippen molar-refractivity contribution >= 4 is 27.5 Å². The first-order valence-corrected chi connectivity index (χ1v) is 10.1. The van der Waals surface area contributed by atoms with Gasteiger partial charge in [0, 0.05) is 13.1 Å². The Balaban J connectivity index is 1.90. The predicted octanol–water partition coefficient (Wildman–Crippen LogP) is 3.35. The molecule has 2 aromatic rings. The number of hydrogen-bond acceptors (Lipinski definition) is 3. The van der Waals surface area contributed by atoms with E-state index in [1.54, 1.807) is 36.4 Å². The predicted molar refractivity (Wildman–Crippen MR) is 104 cm³/mol. The summed E-state index contributed by atoms with van der Waals surface area (Å²) in [6.07, 6.45) is 0. The topological polar surface area (TPSA) is 75.3 Å². The summed E-state index contributed by atoms with van der Waals surface area (Å²) >= 11 is 5.96. The summed E-state index contributed by atoms with van der Waals surface area (Å²) in [6.45, 7) is 6.44. The van der Waals surface area contributed by atoms with E-state index >= 15 is 0 Å². The van der Waals surface area contributed by atoms with E-state index < -0.39 is 10.0 Å². The molecular formula is C19H23ClN2O3S. The zero-order chi connectivity index (χ0) is 19.4. The number of hydrogen-bond donors (Lipinski definition) is 2. The number of benzene rings is 2. The van der Waals surface area contributed by atoms with Crippen LogP contribution in [-0.4, -0.2) is 27.4 Å². The van der Waals surface area contributed by atoms with Crippen molar-refractivity contribution in [2.24, 2.45) is 0 Å². The highest BCUT2D eigenvalue weighted by atomic mass is 35.5. The van der Waals surface area contributed by atoms with Crippen LogP contribution in [0.3, 0.4) is 0 Å². The maximum Gasteiger partial charge on any atom is 0.252 e. The molecule has 5 nitrogen and oxygen atoms in total. The fraction of sp³-hybridized carbons (Fsp3) is 0.316. The molecule has 0 aliphatic carbocycles. The molecule has 0 fully saturated rings. The van der Waals surface area contributed by atoms with Gasteiger partial charge in [-0.2, -0.15) is 0 Å². The zero-order valence-corrected chi connectivity index (χ0v) is 16.6. The van der Waals surface area contributed by atoms with E-state index in [0.29, 0.717) is 10.6 Å². The van der Waals surface area contributed by atoms with Gasteiger partial charge in [-0.1, -0.05) is 56.6 Å². The van der Waals surface area contributed by atoms with E-state index in [9.17, 15) is 13.2 Å². The first-order valence-electron chi connectivity index (χ1n) is 8.24. The van der Waals surface area contributed by atoms with E-state index in [0.717, 1.165) is 5.56 Å². The van der Waals surface area contributed by atoms with Crippen molar-refractivity contribution in [2.75, 3.05) is 13.1 Å². The summed E-state index contributed by atoms with van der Waals surface area (Å²) < 4.78 is 27.1. The number of carbonyl (C=O) groups excluding carboxylic acids is 1. The molecule has 0 saturated carbocycles. The average Bonchev–Trinajstić information content (AvgIpc) is 2.58. The minimum Gasteiger partial charge on any atom is -0.351 e. The van der Waals surface area contributed by atoms with Crippen molar-refractivity contribution < 1.29 is 13.2 Å². The monoisotopic (exact) mass is 394 g/mol. The summed E-state index contributed by atoms with van der Waals surface area (Å²) in [5.41, 5.74) is 1.37. The highest BCUT2D eigenvalue weighted by Crippen LogP contribution is 2.23. The third kappa shape index (κ3) is 5.30. The minimum absolute atomic E-state index is 0.0429. The van der Waals surface area contributed by atoms with E-state index in [1.165, 1.54) is 0 Å². The van der Waals surface area contributed by atoms with Crippen LogP contribution < -0.4 is 10.0 Å². The molecule has 26 heavy (non-hydrogen) atoms. The Kier molecular flexibility index (Phi) is 6.44. The quantitative estimate of drug-likeness (QED) is 0.738. The lowest BCUT2D eigenvalue weighted by molar-refractivity contribution is 0.0954. The summed E-state index contributed by atoms with van der Waals surface area (Å²) in [5.74, 6) is -0.343. The molecule has 0 aliphatic rings. The summed E-state index contributed by atoms with van der Waals surface area (Å²) in [6, 6.07) is 13.5. The Hall–Kier alpha value is -1.89. The van der Waals surface area contributed by atoms with Crippen molar-refractivity contribution in [2.45, 2.75) is 31.1 Å². The second kappa shape index (κ2) is 8.20. The third-order valence-corrected chi connectivity index (χ3v) is 5.66. The third-order valence-electron chi connectivity index (χ3n) is 3.85. The normalized spacial score (nSPS) is 12.0. The Labute approximate surface area is 159 Å². The number of nitrogens with one attached hydrogen (secondary N) is 2. The highest BCUT2D eigenvalue weighted by molar-refractivity contribution is 7.89. The van der Waals surface area contributed by atoms with Crippen LogP contribution in [0.25, 0.3) is 0 Å². The van der Waals surface area contributed by atoms with Gasteiger partial charge in [-0.05, 0) is 35.2 Å². The molecule has 2 N–H and O–H groups in total. The SMILES string of the molecule is CC(C)(C)c1ccc(S(=O)(=O)NCCNC(=O)c2ccccc2Cl)cc1. The van der Waals surface area contributed by atoms with Crippen LogP contribution in [0.2, 0.25) is 5.02 Å². The van der Waals surface area contributed by atoms with Crippen molar-refractivity contribution in [3.05, 3.63) is 64.7 Å². The highest BCUT2D eigenvalue weighted by Gasteiger charge is 2.17. The van der Waals surface area contributed by atoms with Crippen LogP contribution in [0, 0.1) is 0 Å². The molecule has 0 bridgehead atoms. The van der Waals surface area contributed by atoms with Crippen molar-refractivity contribution in [3.8, 4) is 0 Å². The van der Waals surface area contributed by atoms with Gasteiger partial charge in [-0.25, -0.2) is 13.1 Å². The second-order valence-electron chi connectivity index (χ2n) is 6.91. The van der Waals surface area contributed by atoms with Gasteiger partial charge in [0.1, 0.15) is 0 Å². The van der Waals surface area contributed by atoms with Gasteiger partial charge in [0.2, 0.25) is 10.0 Å². The maximum absolute atomic E-state index is 12.3. The zero-order valence-electron chi connectivity index (χ0n) is 15.0. The molecule has 0 aromatic heterocycles. The average molecular weight is 395 g/mol. The van der Waals surface area contributed by atoms with Gasteiger partial charge in [0.15, 0.2) is 0 Å². The van der Waals surface area contributed by atoms with Crippen molar-refractivity contribution in [1.29, 1.82) is 0 Å². The standard InChI is InChI=1S/C19H23ClN2O3S/c1-19(2,3)14-8-10-15(11-9-14)26(24,25)22-13-12-21-18(23)16-6-4-5-7-17(16)20/h4-11,22H,12-13H2,1-3H3,(H,21,23). The van der Waals surface area contributed by atoms with Crippen LogP contribution in [0.1, 0.15) is 36.7 Å². The van der Waals surface area contributed by atoms with E-state index in [2.05, 4.69) is 30.8 Å². The van der Waals surface area contributed by atoms with Gasteiger partial charge >= 0.3 is 0 Å². The lowest BCUT2D eigenvalue weighted by atomic mass is 9.87. The summed E-state index contributed by atoms with van der Waals surface area (Å²) in [4.78, 5) is 12.2. The molecule has 7 heteroatoms. The van der Waals surface area contributed by atoms with Gasteiger partial charge in [-0.15, -0.1) is 0 Å². The summed E-state index contributed by atoms with van der Waals surface area (Å²) in [5, 5.41) is 2.99. The maximum atomic E-state index is 12.3. The largest absolute Gasteiger partial charge is 0.351 e. The number of carbonyl (C=O) groups is 1. The Bertz CT molecular complexity index is 872. The van der Waals surface area contributed by atoms with Crippen LogP contribution in [0.15, 0.2) is 53.4 Å². The lowest BCUT2D eigenvalue weighted by Gasteiger charge is -2.19. The molecule has 0 aliphatic heterocycles. The number of halogens is 1. The first kappa shape index (κ1) is 20.4. The minimum atomic E-state index is -3.62. The molecule has 2 rings (SSSR count). The lowest BCUT2D eigenvalue weighted by Crippen LogP contribution is -2.34. The van der Waals surface area contributed by atoms with Crippen molar-refractivity contribution in [1.82, 2.24) is 10.0 Å². The summed E-state index contributed by atoms with van der Waals surface area (Å²) in [7, 11) is -3.62. The van der Waals surface area contributed by atoms with E-state index in [1.807, 2.05) is 12.1 Å². The molecule has 0 radical (unpaired) electrons. The van der Waals surface area contributed by atoms with Crippen molar-refractivity contribution in [3.63, 3.8) is 0 Å². The van der Waals surface area contributed by atoms with Gasteiger partial charge < -0.3 is 5.32 Å². The van der Waals surface area contributed by atoms with Crippen LogP contribution in [0.4, 0.5) is 0 Å². The number of rotatable bonds is 6. The molecule has 0 atom stereocenters. The molecule has 1 amide bonds. The molecule has 0 heterocycles.